The number of fused-ring (bicyclic) bond motifs is 1. The van der Waals surface area contributed by atoms with Crippen LogP contribution in [0.1, 0.15) is 46.2 Å². The highest BCUT2D eigenvalue weighted by Gasteiger charge is 2.47. The van der Waals surface area contributed by atoms with E-state index in [1.54, 1.807) is 52.9 Å². The summed E-state index contributed by atoms with van der Waals surface area (Å²) in [7, 11) is 0. The monoisotopic (exact) mass is 361 g/mol. The third-order valence-corrected chi connectivity index (χ3v) is 4.35. The summed E-state index contributed by atoms with van der Waals surface area (Å²) in [6, 6.07) is 4.36. The summed E-state index contributed by atoms with van der Waals surface area (Å²) in [4.78, 5) is 28.4. The van der Waals surface area contributed by atoms with Crippen LogP contribution in [0.15, 0.2) is 24.4 Å². The molecule has 1 amide bonds. The van der Waals surface area contributed by atoms with Gasteiger partial charge in [0.15, 0.2) is 0 Å². The Morgan fingerprint density at radius 1 is 1.42 bits per heavy atom. The number of hydrogen-bond acceptors (Lipinski definition) is 5. The topological polar surface area (TPSA) is 97.7 Å². The van der Waals surface area contributed by atoms with Gasteiger partial charge in [-0.25, -0.2) is 4.79 Å². The molecule has 1 saturated heterocycles. The van der Waals surface area contributed by atoms with Crippen molar-refractivity contribution in [2.45, 2.75) is 52.0 Å². The number of aromatic amines is 1. The van der Waals surface area contributed by atoms with Crippen LogP contribution in [0.25, 0.3) is 10.9 Å². The zero-order valence-electron chi connectivity index (χ0n) is 15.5. The van der Waals surface area contributed by atoms with E-state index in [0.717, 1.165) is 0 Å². The van der Waals surface area contributed by atoms with E-state index in [1.165, 1.54) is 11.0 Å². The van der Waals surface area contributed by atoms with E-state index >= 15 is 0 Å². The largest absolute Gasteiger partial charge is 0.444 e. The van der Waals surface area contributed by atoms with Crippen molar-refractivity contribution in [3.63, 3.8) is 0 Å². The van der Waals surface area contributed by atoms with Crippen molar-refractivity contribution in [1.29, 1.82) is 0 Å². The Kier molecular flexibility index (Phi) is 4.18. The molecule has 1 atom stereocenters. The second-order valence-electron chi connectivity index (χ2n) is 7.82. The predicted molar refractivity (Wildman–Crippen MR) is 95.8 cm³/mol. The number of hydrogen-bond donors (Lipinski definition) is 1. The lowest BCUT2D eigenvalue weighted by Crippen LogP contribution is -2.47. The Balaban J connectivity index is 2.09. The van der Waals surface area contributed by atoms with E-state index < -0.39 is 28.4 Å². The quantitative estimate of drug-likeness (QED) is 0.641. The van der Waals surface area contributed by atoms with Crippen molar-refractivity contribution in [2.75, 3.05) is 6.61 Å². The van der Waals surface area contributed by atoms with Crippen molar-refractivity contribution >= 4 is 22.7 Å². The van der Waals surface area contributed by atoms with Crippen molar-refractivity contribution in [3.8, 4) is 0 Å². The first-order chi connectivity index (χ1) is 12.0. The molecule has 1 aliphatic rings. The van der Waals surface area contributed by atoms with Crippen LogP contribution in [0.3, 0.4) is 0 Å². The molecule has 26 heavy (non-hydrogen) atoms. The predicted octanol–water partition coefficient (Wildman–Crippen LogP) is 4.12. The van der Waals surface area contributed by atoms with Crippen LogP contribution in [0, 0.1) is 10.1 Å². The Hall–Kier alpha value is -2.61. The number of ether oxygens (including phenoxy) is 2. The highest BCUT2D eigenvalue weighted by Crippen LogP contribution is 2.42. The number of amides is 1. The van der Waals surface area contributed by atoms with Gasteiger partial charge in [-0.15, -0.1) is 0 Å². The van der Waals surface area contributed by atoms with Gasteiger partial charge in [0.2, 0.25) is 0 Å². The lowest BCUT2D eigenvalue weighted by Gasteiger charge is -2.35. The molecule has 0 aliphatic carbocycles. The third-order valence-electron chi connectivity index (χ3n) is 4.35. The fraction of sp³-hybridized carbons (Fsp3) is 0.500. The summed E-state index contributed by atoms with van der Waals surface area (Å²) < 4.78 is 11.4. The smallest absolute Gasteiger partial charge is 0.413 e. The van der Waals surface area contributed by atoms with Crippen LogP contribution in [0.5, 0.6) is 0 Å². The van der Waals surface area contributed by atoms with Gasteiger partial charge in [-0.3, -0.25) is 15.0 Å². The number of carbonyl (C=O) groups excluding carboxylic acids is 1. The first-order valence-electron chi connectivity index (χ1n) is 8.42. The maximum absolute atomic E-state index is 12.8. The number of benzene rings is 1. The van der Waals surface area contributed by atoms with Gasteiger partial charge in [0.05, 0.1) is 28.5 Å². The molecule has 8 nitrogen and oxygen atoms in total. The molecule has 0 radical (unpaired) electrons. The molecule has 0 saturated carbocycles. The van der Waals surface area contributed by atoms with Gasteiger partial charge in [0.1, 0.15) is 11.3 Å². The summed E-state index contributed by atoms with van der Waals surface area (Å²) in [5, 5.41) is 11.9. The standard InChI is InChI=1S/C18H23N3O5/c1-17(2,3)26-16(22)20-14(10-25-18(20,4)5)11-9-19-12-7-6-8-13(15(11)12)21(23)24/h6-9,14,19H,10H2,1-5H3/t14-/m1/s1. The fourth-order valence-corrected chi connectivity index (χ4v) is 3.30. The minimum absolute atomic E-state index is 0.00686. The van der Waals surface area contributed by atoms with Crippen LogP contribution >= 0.6 is 0 Å². The molecule has 0 bridgehead atoms. The zero-order valence-corrected chi connectivity index (χ0v) is 15.5. The number of nitrogens with one attached hydrogen (secondary N) is 1. The molecule has 1 aromatic carbocycles. The van der Waals surface area contributed by atoms with Crippen LogP contribution in [0.2, 0.25) is 0 Å². The molecule has 140 valence electrons. The molecular formula is C18H23N3O5. The molecular weight excluding hydrogens is 338 g/mol. The average Bonchev–Trinajstić information content (AvgIpc) is 3.05. The lowest BCUT2D eigenvalue weighted by molar-refractivity contribution is -0.383. The second kappa shape index (κ2) is 5.98. The van der Waals surface area contributed by atoms with E-state index in [0.29, 0.717) is 16.5 Å². The molecule has 3 rings (SSSR count). The van der Waals surface area contributed by atoms with Gasteiger partial charge in [0.25, 0.3) is 5.69 Å². The molecule has 1 aliphatic heterocycles. The van der Waals surface area contributed by atoms with Crippen molar-refractivity contribution in [1.82, 2.24) is 9.88 Å². The van der Waals surface area contributed by atoms with E-state index in [1.807, 2.05) is 0 Å². The highest BCUT2D eigenvalue weighted by atomic mass is 16.6. The summed E-state index contributed by atoms with van der Waals surface area (Å²) in [5.41, 5.74) is -0.272. The van der Waals surface area contributed by atoms with E-state index in [4.69, 9.17) is 9.47 Å². The number of non-ortho nitro benzene ring substituents is 1. The van der Waals surface area contributed by atoms with Gasteiger partial charge in [0, 0.05) is 17.8 Å². The van der Waals surface area contributed by atoms with Crippen LogP contribution in [0.4, 0.5) is 10.5 Å². The molecule has 0 spiro atoms. The Labute approximate surface area is 151 Å². The number of aromatic nitrogens is 1. The SMILES string of the molecule is CC(C)(C)OC(=O)N1[C@@H](c2c[nH]c3cccc([N+](=O)[O-])c23)COC1(C)C. The molecule has 1 N–H and O–H groups in total. The van der Waals surface area contributed by atoms with Gasteiger partial charge in [-0.2, -0.15) is 0 Å². The number of rotatable bonds is 2. The Bertz CT molecular complexity index is 865. The van der Waals surface area contributed by atoms with Gasteiger partial charge >= 0.3 is 6.09 Å². The average molecular weight is 361 g/mol. The molecule has 1 aromatic heterocycles. The molecule has 1 fully saturated rings. The summed E-state index contributed by atoms with van der Waals surface area (Å²) in [5.74, 6) is 0. The lowest BCUT2D eigenvalue weighted by atomic mass is 10.0. The van der Waals surface area contributed by atoms with Crippen LogP contribution in [-0.2, 0) is 9.47 Å². The number of nitro benzene ring substituents is 1. The van der Waals surface area contributed by atoms with Crippen molar-refractivity contribution in [3.05, 3.63) is 40.1 Å². The molecule has 2 heterocycles. The summed E-state index contributed by atoms with van der Waals surface area (Å²) in [6.07, 6.45) is 1.18. The van der Waals surface area contributed by atoms with Crippen LogP contribution < -0.4 is 0 Å². The van der Waals surface area contributed by atoms with Crippen molar-refractivity contribution < 1.29 is 19.2 Å². The number of nitrogens with zero attached hydrogens (tertiary/aromatic N) is 2. The minimum Gasteiger partial charge on any atom is -0.444 e. The summed E-state index contributed by atoms with van der Waals surface area (Å²) >= 11 is 0. The number of H-pyrrole nitrogens is 1. The van der Waals surface area contributed by atoms with E-state index in [2.05, 4.69) is 4.98 Å². The van der Waals surface area contributed by atoms with E-state index in [9.17, 15) is 14.9 Å². The minimum atomic E-state index is -0.889. The molecule has 0 unspecified atom stereocenters. The number of nitro groups is 1. The number of carbonyl (C=O) groups is 1. The van der Waals surface area contributed by atoms with Gasteiger partial charge < -0.3 is 14.5 Å². The third kappa shape index (κ3) is 3.12. The molecule has 8 heteroatoms. The second-order valence-corrected chi connectivity index (χ2v) is 7.82. The first kappa shape index (κ1) is 18.2. The highest BCUT2D eigenvalue weighted by molar-refractivity contribution is 5.92. The summed E-state index contributed by atoms with van der Waals surface area (Å²) in [6.45, 7) is 9.16. The van der Waals surface area contributed by atoms with E-state index in [-0.39, 0.29) is 12.3 Å². The molecule has 2 aromatic rings. The Morgan fingerprint density at radius 2 is 2.12 bits per heavy atom. The first-order valence-corrected chi connectivity index (χ1v) is 8.42. The Morgan fingerprint density at radius 3 is 2.73 bits per heavy atom. The maximum Gasteiger partial charge on any atom is 0.413 e. The zero-order chi connectivity index (χ0) is 19.3. The van der Waals surface area contributed by atoms with Gasteiger partial charge in [-0.1, -0.05) is 6.07 Å². The normalized spacial score (nSPS) is 19.7. The fourth-order valence-electron chi connectivity index (χ4n) is 3.30. The van der Waals surface area contributed by atoms with Crippen molar-refractivity contribution in [2.24, 2.45) is 0 Å². The van der Waals surface area contributed by atoms with Crippen LogP contribution in [-0.4, -0.2) is 38.8 Å². The van der Waals surface area contributed by atoms with Gasteiger partial charge in [-0.05, 0) is 40.7 Å². The maximum atomic E-state index is 12.8.